The topological polar surface area (TPSA) is 56.8 Å². The van der Waals surface area contributed by atoms with Gasteiger partial charge >= 0.3 is 0 Å². The third kappa shape index (κ3) is 3.74. The van der Waals surface area contributed by atoms with Gasteiger partial charge < -0.3 is 19.5 Å². The summed E-state index contributed by atoms with van der Waals surface area (Å²) in [5.74, 6) is 1.47. The average molecular weight is 315 g/mol. The highest BCUT2D eigenvalue weighted by atomic mass is 16.5. The van der Waals surface area contributed by atoms with Crippen molar-refractivity contribution in [3.8, 4) is 17.2 Å². The third-order valence-electron chi connectivity index (χ3n) is 3.59. The predicted octanol–water partition coefficient (Wildman–Crippen LogP) is 3.20. The Morgan fingerprint density at radius 2 is 1.74 bits per heavy atom. The van der Waals surface area contributed by atoms with E-state index in [4.69, 9.17) is 14.2 Å². The van der Waals surface area contributed by atoms with Gasteiger partial charge in [0.25, 0.3) is 5.91 Å². The molecule has 1 N–H and O–H groups in total. The van der Waals surface area contributed by atoms with Gasteiger partial charge in [-0.1, -0.05) is 18.2 Å². The molecule has 0 saturated carbocycles. The van der Waals surface area contributed by atoms with E-state index in [2.05, 4.69) is 5.32 Å². The number of ether oxygens (including phenoxy) is 3. The van der Waals surface area contributed by atoms with Crippen molar-refractivity contribution in [3.63, 3.8) is 0 Å². The van der Waals surface area contributed by atoms with Crippen LogP contribution in [0.4, 0.5) is 0 Å². The molecule has 0 aromatic heterocycles. The molecule has 0 fully saturated rings. The highest BCUT2D eigenvalue weighted by Crippen LogP contribution is 2.31. The molecule has 1 atom stereocenters. The Morgan fingerprint density at radius 1 is 1.00 bits per heavy atom. The second-order valence-corrected chi connectivity index (χ2v) is 5.01. The molecule has 5 heteroatoms. The summed E-state index contributed by atoms with van der Waals surface area (Å²) in [4.78, 5) is 12.6. The van der Waals surface area contributed by atoms with Crippen molar-refractivity contribution < 1.29 is 19.0 Å². The molecular formula is C18H21NO4. The molecule has 0 radical (unpaired) electrons. The summed E-state index contributed by atoms with van der Waals surface area (Å²) in [6.07, 6.45) is 0. The lowest BCUT2D eigenvalue weighted by Crippen LogP contribution is -2.27. The summed E-state index contributed by atoms with van der Waals surface area (Å²) in [5.41, 5.74) is 1.39. The molecule has 23 heavy (non-hydrogen) atoms. The van der Waals surface area contributed by atoms with Crippen molar-refractivity contribution in [1.82, 2.24) is 5.32 Å². The fourth-order valence-electron chi connectivity index (χ4n) is 2.33. The fourth-order valence-corrected chi connectivity index (χ4v) is 2.33. The Morgan fingerprint density at radius 3 is 2.39 bits per heavy atom. The van der Waals surface area contributed by atoms with Crippen molar-refractivity contribution in [3.05, 3.63) is 53.6 Å². The lowest BCUT2D eigenvalue weighted by Gasteiger charge is -2.17. The van der Waals surface area contributed by atoms with Gasteiger partial charge in [-0.2, -0.15) is 0 Å². The van der Waals surface area contributed by atoms with E-state index in [0.29, 0.717) is 17.1 Å². The molecule has 122 valence electrons. The van der Waals surface area contributed by atoms with Crippen molar-refractivity contribution in [2.45, 2.75) is 13.0 Å². The van der Waals surface area contributed by atoms with Crippen LogP contribution in [0.25, 0.3) is 0 Å². The van der Waals surface area contributed by atoms with Crippen molar-refractivity contribution in [2.75, 3.05) is 21.3 Å². The number of amides is 1. The largest absolute Gasteiger partial charge is 0.497 e. The second kappa shape index (κ2) is 7.54. The molecule has 1 unspecified atom stereocenters. The van der Waals surface area contributed by atoms with Gasteiger partial charge in [0.15, 0.2) is 11.5 Å². The molecule has 0 bridgehead atoms. The van der Waals surface area contributed by atoms with Crippen LogP contribution in [-0.4, -0.2) is 27.2 Å². The lowest BCUT2D eigenvalue weighted by atomic mass is 10.1. The number of methoxy groups -OCH3 is 3. The Labute approximate surface area is 136 Å². The van der Waals surface area contributed by atoms with Crippen LogP contribution < -0.4 is 19.5 Å². The lowest BCUT2D eigenvalue weighted by molar-refractivity contribution is 0.0936. The van der Waals surface area contributed by atoms with Gasteiger partial charge in [-0.05, 0) is 36.8 Å². The van der Waals surface area contributed by atoms with Crippen molar-refractivity contribution >= 4 is 5.91 Å². The van der Waals surface area contributed by atoms with Gasteiger partial charge in [0, 0.05) is 0 Å². The van der Waals surface area contributed by atoms with E-state index in [1.165, 1.54) is 7.11 Å². The zero-order chi connectivity index (χ0) is 16.8. The molecule has 2 aromatic carbocycles. The summed E-state index contributed by atoms with van der Waals surface area (Å²) in [5, 5.41) is 2.96. The van der Waals surface area contributed by atoms with E-state index in [0.717, 1.165) is 11.3 Å². The van der Waals surface area contributed by atoms with Crippen LogP contribution in [0.2, 0.25) is 0 Å². The van der Waals surface area contributed by atoms with E-state index in [9.17, 15) is 4.79 Å². The summed E-state index contributed by atoms with van der Waals surface area (Å²) in [7, 11) is 4.67. The van der Waals surface area contributed by atoms with Gasteiger partial charge in [-0.25, -0.2) is 0 Å². The minimum absolute atomic E-state index is 0.173. The number of rotatable bonds is 6. The van der Waals surface area contributed by atoms with Gasteiger partial charge in [0.1, 0.15) is 5.75 Å². The van der Waals surface area contributed by atoms with Crippen LogP contribution in [0, 0.1) is 0 Å². The molecule has 2 aromatic rings. The smallest absolute Gasteiger partial charge is 0.255 e. The molecule has 5 nitrogen and oxygen atoms in total. The van der Waals surface area contributed by atoms with Gasteiger partial charge in [-0.3, -0.25) is 4.79 Å². The zero-order valence-electron chi connectivity index (χ0n) is 13.8. The maximum atomic E-state index is 12.6. The Balaban J connectivity index is 2.21. The first kappa shape index (κ1) is 16.7. The Kier molecular flexibility index (Phi) is 5.46. The number of para-hydroxylation sites is 1. The molecule has 1 amide bonds. The first-order valence-corrected chi connectivity index (χ1v) is 7.26. The normalized spacial score (nSPS) is 11.5. The summed E-state index contributed by atoms with van der Waals surface area (Å²) in [6, 6.07) is 12.6. The Hall–Kier alpha value is -2.69. The predicted molar refractivity (Wildman–Crippen MR) is 88.4 cm³/mol. The molecular weight excluding hydrogens is 294 g/mol. The molecule has 0 aliphatic heterocycles. The van der Waals surface area contributed by atoms with E-state index in [1.54, 1.807) is 32.4 Å². The number of hydrogen-bond acceptors (Lipinski definition) is 4. The third-order valence-corrected chi connectivity index (χ3v) is 3.59. The highest BCUT2D eigenvalue weighted by Gasteiger charge is 2.18. The molecule has 0 heterocycles. The first-order valence-electron chi connectivity index (χ1n) is 7.26. The minimum Gasteiger partial charge on any atom is -0.497 e. The van der Waals surface area contributed by atoms with E-state index >= 15 is 0 Å². The number of carbonyl (C=O) groups is 1. The van der Waals surface area contributed by atoms with Gasteiger partial charge in [0.05, 0.1) is 32.9 Å². The SMILES string of the molecule is COc1cccc(C(C)NC(=O)c2cccc(OC)c2OC)c1. The maximum absolute atomic E-state index is 12.6. The van der Waals surface area contributed by atoms with Crippen molar-refractivity contribution in [1.29, 1.82) is 0 Å². The average Bonchev–Trinajstić information content (AvgIpc) is 2.60. The van der Waals surface area contributed by atoms with Crippen LogP contribution in [0.3, 0.4) is 0 Å². The monoisotopic (exact) mass is 315 g/mol. The van der Waals surface area contributed by atoms with E-state index in [-0.39, 0.29) is 11.9 Å². The zero-order valence-corrected chi connectivity index (χ0v) is 13.8. The molecule has 0 spiro atoms. The van der Waals surface area contributed by atoms with Crippen molar-refractivity contribution in [2.24, 2.45) is 0 Å². The van der Waals surface area contributed by atoms with Gasteiger partial charge in [0.2, 0.25) is 0 Å². The van der Waals surface area contributed by atoms with Crippen LogP contribution in [-0.2, 0) is 0 Å². The molecule has 0 saturated heterocycles. The quantitative estimate of drug-likeness (QED) is 0.889. The summed E-state index contributed by atoms with van der Waals surface area (Å²) in [6.45, 7) is 1.92. The van der Waals surface area contributed by atoms with E-state index in [1.807, 2.05) is 31.2 Å². The molecule has 2 rings (SSSR count). The van der Waals surface area contributed by atoms with Crippen LogP contribution in [0.15, 0.2) is 42.5 Å². The first-order chi connectivity index (χ1) is 11.1. The van der Waals surface area contributed by atoms with Crippen LogP contribution in [0.1, 0.15) is 28.9 Å². The maximum Gasteiger partial charge on any atom is 0.255 e. The standard InChI is InChI=1S/C18H21NO4/c1-12(13-7-5-8-14(11-13)21-2)19-18(20)15-9-6-10-16(22-3)17(15)23-4/h5-12H,1-4H3,(H,19,20). The highest BCUT2D eigenvalue weighted by molar-refractivity contribution is 5.98. The van der Waals surface area contributed by atoms with Crippen LogP contribution in [0.5, 0.6) is 17.2 Å². The molecule has 0 aliphatic rings. The number of hydrogen-bond donors (Lipinski definition) is 1. The van der Waals surface area contributed by atoms with E-state index < -0.39 is 0 Å². The van der Waals surface area contributed by atoms with Crippen LogP contribution >= 0.6 is 0 Å². The number of nitrogens with one attached hydrogen (secondary N) is 1. The summed E-state index contributed by atoms with van der Waals surface area (Å²) >= 11 is 0. The fraction of sp³-hybridized carbons (Fsp3) is 0.278. The number of carbonyl (C=O) groups excluding carboxylic acids is 1. The minimum atomic E-state index is -0.226. The second-order valence-electron chi connectivity index (χ2n) is 5.01. The van der Waals surface area contributed by atoms with Gasteiger partial charge in [-0.15, -0.1) is 0 Å². The summed E-state index contributed by atoms with van der Waals surface area (Å²) < 4.78 is 15.7. The molecule has 0 aliphatic carbocycles. The Bertz CT molecular complexity index is 684. The number of benzene rings is 2.